The van der Waals surface area contributed by atoms with Gasteiger partial charge in [-0.05, 0) is 85.0 Å². The number of H-pyrrole nitrogens is 2. The van der Waals surface area contributed by atoms with Crippen molar-refractivity contribution >= 4 is 70.7 Å². The molecule has 18 nitrogen and oxygen atoms in total. The zero-order chi connectivity index (χ0) is 47.1. The number of hydrogen-bond donors (Lipinski definition) is 2. The number of allylic oxidation sites excluding steroid dienone is 2. The minimum absolute atomic E-state index is 0. The number of aromatic nitrogens is 9. The molecule has 6 heterocycles. The number of carbonyl (C=O) groups is 4. The number of oxazole rings is 1. The SMILES string of the molecule is O=C(CSc1nnc(-c2ccncc2)n1-c1ccccc1)c1ccc2[nH]c(=O)oc2c1.O=C1CC2C=CC(C(=O)CCl)=CC2O1.O=CO[O-].S=c1[nH]nc(-c2ccncc2)n1-c1ccccc1.[H-].[K+].[K+]. The van der Waals surface area contributed by atoms with Crippen molar-refractivity contribution in [1.82, 2.24) is 44.5 Å². The molecule has 0 bridgehead atoms. The summed E-state index contributed by atoms with van der Waals surface area (Å²) in [6, 6.07) is 32.1. The number of pyridine rings is 2. The maximum atomic E-state index is 12.8. The molecule has 2 atom stereocenters. The van der Waals surface area contributed by atoms with E-state index < -0.39 is 5.76 Å². The summed E-state index contributed by atoms with van der Waals surface area (Å²) >= 11 is 12.0. The van der Waals surface area contributed by atoms with E-state index in [1.807, 2.05) is 100 Å². The second kappa shape index (κ2) is 27.7. The molecule has 3 aromatic carbocycles. The van der Waals surface area contributed by atoms with Gasteiger partial charge in [0.2, 0.25) is 0 Å². The number of carbonyl (C=O) groups excluding carboxylic acids is 4. The minimum Gasteiger partial charge on any atom is -1.00 e. The second-order valence-electron chi connectivity index (χ2n) is 14.0. The predicted octanol–water partition coefficient (Wildman–Crippen LogP) is 0.508. The van der Waals surface area contributed by atoms with Crippen molar-refractivity contribution < 1.29 is 143 Å². The maximum Gasteiger partial charge on any atom is 1.00 e. The first kappa shape index (κ1) is 55.3. The van der Waals surface area contributed by atoms with Crippen molar-refractivity contribution in [2.75, 3.05) is 11.6 Å². The van der Waals surface area contributed by atoms with Crippen molar-refractivity contribution in [3.63, 3.8) is 0 Å². The quantitative estimate of drug-likeness (QED) is 0.0206. The Labute approximate surface area is 493 Å². The molecule has 5 aromatic heterocycles. The molecule has 2 N–H and O–H groups in total. The zero-order valence-corrected chi connectivity index (χ0v) is 45.3. The van der Waals surface area contributed by atoms with Crippen LogP contribution in [0, 0.1) is 10.7 Å². The molecular weight excluding hydrogens is 1000 g/mol. The van der Waals surface area contributed by atoms with E-state index in [1.165, 1.54) is 11.8 Å². The van der Waals surface area contributed by atoms with Gasteiger partial charge in [-0.2, -0.15) is 5.10 Å². The molecule has 1 aliphatic heterocycles. The van der Waals surface area contributed by atoms with Crippen LogP contribution in [0.1, 0.15) is 18.2 Å². The number of hydrogen-bond acceptors (Lipinski definition) is 16. The number of ketones is 2. The van der Waals surface area contributed by atoms with E-state index in [4.69, 9.17) is 43.0 Å². The summed E-state index contributed by atoms with van der Waals surface area (Å²) in [4.78, 5) is 68.2. The first-order valence-corrected chi connectivity index (χ1v) is 21.8. The molecule has 8 aromatic rings. The number of para-hydroxylation sites is 2. The van der Waals surface area contributed by atoms with E-state index in [9.17, 15) is 19.2 Å². The Kier molecular flexibility index (Phi) is 22.2. The van der Waals surface area contributed by atoms with Gasteiger partial charge in [-0.1, -0.05) is 60.3 Å². The number of esters is 1. The number of fused-ring (bicyclic) bond motifs is 2. The fourth-order valence-electron chi connectivity index (χ4n) is 6.66. The summed E-state index contributed by atoms with van der Waals surface area (Å²) < 4.78 is 14.5. The van der Waals surface area contributed by atoms with E-state index in [0.29, 0.717) is 44.4 Å². The summed E-state index contributed by atoms with van der Waals surface area (Å²) in [5.41, 5.74) is 5.64. The number of ether oxygens (including phenoxy) is 1. The van der Waals surface area contributed by atoms with E-state index in [1.54, 1.807) is 55.1 Å². The average molecular weight is 1040 g/mol. The fourth-order valence-corrected chi connectivity index (χ4v) is 7.89. The molecule has 23 heteroatoms. The molecule has 0 saturated carbocycles. The van der Waals surface area contributed by atoms with Gasteiger partial charge < -0.3 is 20.7 Å². The van der Waals surface area contributed by atoms with Crippen molar-refractivity contribution in [3.05, 3.63) is 173 Å². The molecule has 69 heavy (non-hydrogen) atoms. The Morgan fingerprint density at radius 2 is 1.48 bits per heavy atom. The van der Waals surface area contributed by atoms with Crippen LogP contribution in [0.4, 0.5) is 0 Å². The van der Waals surface area contributed by atoms with Gasteiger partial charge in [0.1, 0.15) is 6.10 Å². The molecule has 2 unspecified atom stereocenters. The molecule has 0 spiro atoms. The summed E-state index contributed by atoms with van der Waals surface area (Å²) in [5.74, 6) is 0.660. The van der Waals surface area contributed by atoms with Gasteiger partial charge in [0, 0.05) is 64.3 Å². The van der Waals surface area contributed by atoms with E-state index in [0.717, 1.165) is 28.3 Å². The zero-order valence-electron chi connectivity index (χ0n) is 37.7. The van der Waals surface area contributed by atoms with E-state index in [2.05, 4.69) is 40.2 Å². The topological polar surface area (TPSA) is 246 Å². The molecule has 1 aliphatic carbocycles. The standard InChI is InChI=1S/C22H15N5O3S.C13H10N4S.C10H9ClO3.CH2O3.2K.H/c28-18(15-6-7-17-19(12-15)30-22(29)24-17)13-31-21-26-25-20(14-8-10-23-11-9-14)27(21)16-4-2-1-3-5-16;18-13-16-15-12(10-6-8-14-9-7-10)17(13)11-4-2-1-3-5-11;11-5-8(12)6-1-2-7-4-10(13)14-9(7)3-6;2-1-4-3;;;/h1-12H,13H2,(H,24,29);1-9H,(H,16,18);1-3,7,9H,4-5H2;1,3H;;;/q;;;;2*+1;-1/p-1. The first-order valence-electron chi connectivity index (χ1n) is 19.9. The number of alkyl halides is 1. The number of thioether (sulfide) groups is 1. The van der Waals surface area contributed by atoms with Crippen LogP contribution in [0.25, 0.3) is 45.3 Å². The van der Waals surface area contributed by atoms with Crippen LogP contribution >= 0.6 is 35.6 Å². The third-order valence-corrected chi connectivity index (χ3v) is 11.2. The summed E-state index contributed by atoms with van der Waals surface area (Å²) in [5, 5.41) is 24.8. The van der Waals surface area contributed by atoms with E-state index in [-0.39, 0.29) is 152 Å². The largest absolute Gasteiger partial charge is 1.00 e. The Hall–Kier alpha value is -4.64. The molecule has 0 amide bonds. The van der Waals surface area contributed by atoms with E-state index >= 15 is 0 Å². The molecular formula is C46H36ClK2N9O9S2. The van der Waals surface area contributed by atoms with Crippen LogP contribution < -0.4 is 114 Å². The summed E-state index contributed by atoms with van der Waals surface area (Å²) in [7, 11) is 0. The third-order valence-electron chi connectivity index (χ3n) is 9.73. The normalized spacial score (nSPS) is 14.0. The van der Waals surface area contributed by atoms with Crippen LogP contribution in [0.2, 0.25) is 0 Å². The van der Waals surface area contributed by atoms with Gasteiger partial charge in [0.05, 0.1) is 23.6 Å². The molecule has 1 saturated heterocycles. The van der Waals surface area contributed by atoms with Crippen LogP contribution in [-0.4, -0.2) is 86.2 Å². The van der Waals surface area contributed by atoms with Gasteiger partial charge in [-0.3, -0.25) is 48.4 Å². The number of benzene rings is 3. The number of Topliss-reactive ketones (excluding diaryl/α,β-unsaturated/α-hetero) is 2. The molecule has 340 valence electrons. The van der Waals surface area contributed by atoms with Gasteiger partial charge in [0.15, 0.2) is 38.7 Å². The Morgan fingerprint density at radius 1 is 0.870 bits per heavy atom. The molecule has 10 rings (SSSR count). The minimum atomic E-state index is -0.548. The molecule has 1 fully saturated rings. The first-order chi connectivity index (χ1) is 32.7. The predicted molar refractivity (Wildman–Crippen MR) is 248 cm³/mol. The third kappa shape index (κ3) is 14.7. The van der Waals surface area contributed by atoms with Crippen LogP contribution in [0.5, 0.6) is 0 Å². The average Bonchev–Trinajstić information content (AvgIpc) is 4.17. The number of aromatic amines is 2. The van der Waals surface area contributed by atoms with Gasteiger partial charge >= 0.3 is 114 Å². The van der Waals surface area contributed by atoms with Crippen LogP contribution in [-0.2, 0) is 24.0 Å². The Balaban J connectivity index is 0.000000233. The van der Waals surface area contributed by atoms with Crippen molar-refractivity contribution in [2.45, 2.75) is 17.7 Å². The summed E-state index contributed by atoms with van der Waals surface area (Å²) in [6.07, 6.45) is 12.2. The second-order valence-corrected chi connectivity index (χ2v) is 15.6. The van der Waals surface area contributed by atoms with Gasteiger partial charge in [0.25, 0.3) is 6.47 Å². The summed E-state index contributed by atoms with van der Waals surface area (Å²) in [6.45, 7) is -0.181. The number of halogens is 1. The smallest absolute Gasteiger partial charge is 1.00 e. The van der Waals surface area contributed by atoms with Gasteiger partial charge in [-0.15, -0.1) is 21.8 Å². The number of nitrogens with one attached hydrogen (secondary N) is 2. The van der Waals surface area contributed by atoms with Gasteiger partial charge in [-0.25, -0.2) is 4.79 Å². The molecule has 2 aliphatic rings. The Bertz CT molecular complexity index is 3180. The number of rotatable bonds is 11. The molecule has 0 radical (unpaired) electrons. The maximum absolute atomic E-state index is 12.8. The fraction of sp³-hybridized carbons (Fsp3) is 0.109. The monoisotopic (exact) mass is 1040 g/mol. The van der Waals surface area contributed by atoms with Crippen molar-refractivity contribution in [3.8, 4) is 34.2 Å². The van der Waals surface area contributed by atoms with Crippen molar-refractivity contribution in [2.24, 2.45) is 5.92 Å². The van der Waals surface area contributed by atoms with Crippen LogP contribution in [0.15, 0.2) is 166 Å². The van der Waals surface area contributed by atoms with Crippen LogP contribution in [0.3, 0.4) is 0 Å². The number of nitrogens with zero attached hydrogens (tertiary/aromatic N) is 7. The van der Waals surface area contributed by atoms with Crippen molar-refractivity contribution in [1.29, 1.82) is 0 Å². The Morgan fingerprint density at radius 3 is 2.09 bits per heavy atom.